The smallest absolute Gasteiger partial charge is 0.135 e. The molecule has 0 aliphatic rings. The van der Waals surface area contributed by atoms with Gasteiger partial charge >= 0.3 is 0 Å². The van der Waals surface area contributed by atoms with Crippen LogP contribution in [0.2, 0.25) is 0 Å². The summed E-state index contributed by atoms with van der Waals surface area (Å²) in [6, 6.07) is 9.92. The van der Waals surface area contributed by atoms with Gasteiger partial charge in [-0.05, 0) is 38.5 Å². The van der Waals surface area contributed by atoms with E-state index in [-0.39, 0.29) is 10.8 Å². The van der Waals surface area contributed by atoms with Crippen LogP contribution in [0.25, 0.3) is 0 Å². The molecule has 0 aliphatic carbocycles. The quantitative estimate of drug-likeness (QED) is 0.141. The summed E-state index contributed by atoms with van der Waals surface area (Å²) in [4.78, 5) is 0. The van der Waals surface area contributed by atoms with Gasteiger partial charge in [-0.15, -0.1) is 0 Å². The summed E-state index contributed by atoms with van der Waals surface area (Å²) in [6.07, 6.45) is 13.5. The first-order chi connectivity index (χ1) is 17.2. The SMILES string of the molecule is CCCCP(=O)(CCCC)[C@@H](CCC)P(=O)(c1ccccc1)[C@H](CCC)P(=O)(CCCC)CCCC. The van der Waals surface area contributed by atoms with Gasteiger partial charge in [0.05, 0.1) is 25.1 Å². The lowest BCUT2D eigenvalue weighted by molar-refractivity contribution is 0.543. The third kappa shape index (κ3) is 8.99. The maximum Gasteiger partial charge on any atom is 0.135 e. The van der Waals surface area contributed by atoms with Crippen LogP contribution in [0.3, 0.4) is 0 Å². The van der Waals surface area contributed by atoms with Crippen LogP contribution in [0.1, 0.15) is 119 Å². The molecule has 1 aromatic rings. The predicted molar refractivity (Wildman–Crippen MR) is 165 cm³/mol. The zero-order chi connectivity index (χ0) is 27.1. The lowest BCUT2D eigenvalue weighted by Crippen LogP contribution is -2.30. The van der Waals surface area contributed by atoms with Crippen molar-refractivity contribution in [3.8, 4) is 0 Å². The van der Waals surface area contributed by atoms with Crippen LogP contribution in [-0.2, 0) is 13.7 Å². The first kappa shape index (κ1) is 33.9. The van der Waals surface area contributed by atoms with Gasteiger partial charge in [-0.2, -0.15) is 0 Å². The average molecular weight is 559 g/mol. The monoisotopic (exact) mass is 558 g/mol. The highest BCUT2D eigenvalue weighted by molar-refractivity contribution is 7.92. The van der Waals surface area contributed by atoms with Crippen molar-refractivity contribution in [3.63, 3.8) is 0 Å². The highest BCUT2D eigenvalue weighted by Gasteiger charge is 2.54. The Morgan fingerprint density at radius 2 is 0.861 bits per heavy atom. The lowest BCUT2D eigenvalue weighted by atomic mass is 10.4. The van der Waals surface area contributed by atoms with Crippen molar-refractivity contribution in [3.05, 3.63) is 30.3 Å². The van der Waals surface area contributed by atoms with Crippen LogP contribution in [0.5, 0.6) is 0 Å². The molecule has 0 saturated heterocycles. The van der Waals surface area contributed by atoms with Crippen molar-refractivity contribution in [2.75, 3.05) is 24.6 Å². The van der Waals surface area contributed by atoms with E-state index in [2.05, 4.69) is 41.5 Å². The summed E-state index contributed by atoms with van der Waals surface area (Å²) in [5.41, 5.74) is 0. The Morgan fingerprint density at radius 3 is 1.14 bits per heavy atom. The van der Waals surface area contributed by atoms with Gasteiger partial charge in [-0.1, -0.05) is 110 Å². The lowest BCUT2D eigenvalue weighted by Gasteiger charge is -2.42. The zero-order valence-electron chi connectivity index (χ0n) is 24.4. The van der Waals surface area contributed by atoms with Gasteiger partial charge < -0.3 is 13.7 Å². The van der Waals surface area contributed by atoms with Crippen molar-refractivity contribution in [1.29, 1.82) is 0 Å². The Bertz CT molecular complexity index is 780. The number of rotatable bonds is 21. The topological polar surface area (TPSA) is 51.2 Å². The molecule has 3 nitrogen and oxygen atoms in total. The van der Waals surface area contributed by atoms with Crippen LogP contribution >= 0.6 is 21.4 Å². The minimum absolute atomic E-state index is 0.344. The molecule has 0 aromatic heterocycles. The molecule has 6 heteroatoms. The van der Waals surface area contributed by atoms with E-state index in [0.29, 0.717) is 37.5 Å². The zero-order valence-corrected chi connectivity index (χ0v) is 27.1. The highest BCUT2D eigenvalue weighted by atomic mass is 31.2. The summed E-state index contributed by atoms with van der Waals surface area (Å²) in [5.74, 6) is 0. The molecule has 1 rings (SSSR count). The Morgan fingerprint density at radius 1 is 0.528 bits per heavy atom. The minimum atomic E-state index is -3.26. The molecule has 0 fully saturated rings. The fraction of sp³-hybridized carbons (Fsp3) is 0.800. The van der Waals surface area contributed by atoms with Gasteiger partial charge in [0.25, 0.3) is 0 Å². The van der Waals surface area contributed by atoms with Crippen LogP contribution in [0, 0.1) is 0 Å². The Balaban J connectivity index is 3.95. The van der Waals surface area contributed by atoms with Crippen molar-refractivity contribution >= 4 is 26.7 Å². The van der Waals surface area contributed by atoms with Crippen molar-refractivity contribution in [2.45, 2.75) is 129 Å². The van der Waals surface area contributed by atoms with Crippen molar-refractivity contribution < 1.29 is 13.7 Å². The molecule has 210 valence electrons. The van der Waals surface area contributed by atoms with Gasteiger partial charge in [0, 0.05) is 30.0 Å². The first-order valence-corrected chi connectivity index (χ1v) is 21.2. The molecule has 0 unspecified atom stereocenters. The third-order valence-electron chi connectivity index (χ3n) is 7.79. The van der Waals surface area contributed by atoms with Crippen LogP contribution < -0.4 is 5.30 Å². The maximum absolute atomic E-state index is 16.0. The number of hydrogen-bond acceptors (Lipinski definition) is 3. The minimum Gasteiger partial charge on any atom is -0.323 e. The standard InChI is InChI=1S/C30H57O3P3/c1-7-13-24-34(31,25-14-8-2)29(20-11-5)36(33,28-22-18-17-19-23-28)30(21-12-6)35(32,26-15-9-3)27-16-10-4/h17-19,22-23,29-30H,7-16,20-21,24-27H2,1-6H3/t29-,30-/m1/s1. The molecule has 0 bridgehead atoms. The summed E-state index contributed by atoms with van der Waals surface area (Å²) >= 11 is 0. The van der Waals surface area contributed by atoms with E-state index in [0.717, 1.165) is 69.5 Å². The summed E-state index contributed by atoms with van der Waals surface area (Å²) in [5, 5.41) is 0.149. The Kier molecular flexibility index (Phi) is 16.5. The fourth-order valence-corrected chi connectivity index (χ4v) is 23.7. The molecule has 36 heavy (non-hydrogen) atoms. The van der Waals surface area contributed by atoms with E-state index in [1.54, 1.807) is 0 Å². The highest BCUT2D eigenvalue weighted by Crippen LogP contribution is 2.79. The molecule has 0 aliphatic heterocycles. The molecule has 1 aromatic carbocycles. The van der Waals surface area contributed by atoms with Crippen molar-refractivity contribution in [2.24, 2.45) is 0 Å². The van der Waals surface area contributed by atoms with E-state index in [1.165, 1.54) is 0 Å². The second-order valence-corrected chi connectivity index (χ2v) is 21.6. The number of hydrogen-bond donors (Lipinski definition) is 0. The molecule has 0 heterocycles. The summed E-state index contributed by atoms with van der Waals surface area (Å²) < 4.78 is 46.1. The predicted octanol–water partition coefficient (Wildman–Crippen LogP) is 10.9. The number of benzene rings is 1. The number of unbranched alkanes of at least 4 members (excludes halogenated alkanes) is 4. The van der Waals surface area contributed by atoms with Gasteiger partial charge in [0.15, 0.2) is 0 Å². The summed E-state index contributed by atoms with van der Waals surface area (Å²) in [7, 11) is -8.75. The van der Waals surface area contributed by atoms with Crippen LogP contribution in [0.15, 0.2) is 30.3 Å². The molecule has 2 atom stereocenters. The van der Waals surface area contributed by atoms with Gasteiger partial charge in [-0.3, -0.25) is 0 Å². The Labute approximate surface area is 224 Å². The van der Waals surface area contributed by atoms with E-state index < -0.39 is 21.4 Å². The third-order valence-corrected chi connectivity index (χ3v) is 22.7. The maximum atomic E-state index is 16.0. The normalized spacial score (nSPS) is 14.6. The molecule has 0 radical (unpaired) electrons. The molecular weight excluding hydrogens is 501 g/mol. The van der Waals surface area contributed by atoms with E-state index in [1.807, 2.05) is 30.3 Å². The second kappa shape index (κ2) is 17.5. The fourth-order valence-electron chi connectivity index (χ4n) is 5.72. The Hall–Kier alpha value is -0.0900. The molecule has 0 spiro atoms. The second-order valence-electron chi connectivity index (χ2n) is 10.8. The van der Waals surface area contributed by atoms with E-state index in [4.69, 9.17) is 0 Å². The van der Waals surface area contributed by atoms with Crippen LogP contribution in [0.4, 0.5) is 0 Å². The summed E-state index contributed by atoms with van der Waals surface area (Å²) in [6.45, 7) is 12.9. The largest absolute Gasteiger partial charge is 0.323 e. The van der Waals surface area contributed by atoms with Crippen molar-refractivity contribution in [1.82, 2.24) is 0 Å². The van der Waals surface area contributed by atoms with Gasteiger partial charge in [-0.25, -0.2) is 0 Å². The van der Waals surface area contributed by atoms with Crippen LogP contribution in [-0.4, -0.2) is 35.4 Å². The molecule has 0 saturated carbocycles. The molecule has 0 amide bonds. The van der Waals surface area contributed by atoms with Gasteiger partial charge in [0.1, 0.15) is 7.14 Å². The average Bonchev–Trinajstić information content (AvgIpc) is 2.90. The first-order valence-electron chi connectivity index (χ1n) is 15.0. The molecular formula is C30H57O3P3. The van der Waals surface area contributed by atoms with Gasteiger partial charge in [0.2, 0.25) is 0 Å². The molecule has 0 N–H and O–H groups in total. The van der Waals surface area contributed by atoms with E-state index in [9.17, 15) is 0 Å². The van der Waals surface area contributed by atoms with E-state index >= 15 is 13.7 Å².